The van der Waals surface area contributed by atoms with Crippen LogP contribution in [0.2, 0.25) is 0 Å². The van der Waals surface area contributed by atoms with Crippen LogP contribution in [0.15, 0.2) is 11.6 Å². The molecule has 0 N–H and O–H groups in total. The average Bonchev–Trinajstić information content (AvgIpc) is 3.12. The molecule has 1 aromatic rings. The zero-order chi connectivity index (χ0) is 14.2. The highest BCUT2D eigenvalue weighted by Crippen LogP contribution is 2.38. The number of carbonyl (C=O) groups is 1. The molecule has 1 amide bonds. The summed E-state index contributed by atoms with van der Waals surface area (Å²) in [5, 5.41) is 3.22. The molecular weight excluding hydrogens is 270 g/mol. The van der Waals surface area contributed by atoms with Gasteiger partial charge in [0.1, 0.15) is 5.01 Å². The number of hydrogen-bond donors (Lipinski definition) is 0. The van der Waals surface area contributed by atoms with Gasteiger partial charge in [-0.1, -0.05) is 13.8 Å². The fourth-order valence-electron chi connectivity index (χ4n) is 3.62. The lowest BCUT2D eigenvalue weighted by molar-refractivity contribution is -0.138. The lowest BCUT2D eigenvalue weighted by Crippen LogP contribution is -2.50. The first-order valence-electron chi connectivity index (χ1n) is 7.53. The zero-order valence-electron chi connectivity index (χ0n) is 12.3. The number of aromatic nitrogens is 1. The second-order valence-electron chi connectivity index (χ2n) is 6.36. The molecule has 0 bridgehead atoms. The minimum absolute atomic E-state index is 0.109. The normalized spacial score (nSPS) is 27.1. The number of rotatable bonds is 3. The van der Waals surface area contributed by atoms with E-state index in [0.717, 1.165) is 39.0 Å². The molecule has 2 saturated heterocycles. The third kappa shape index (κ3) is 2.49. The summed E-state index contributed by atoms with van der Waals surface area (Å²) in [5.41, 5.74) is 0.110. The quantitative estimate of drug-likeness (QED) is 0.858. The van der Waals surface area contributed by atoms with E-state index in [1.165, 1.54) is 11.4 Å². The lowest BCUT2D eigenvalue weighted by Gasteiger charge is -2.36. The van der Waals surface area contributed by atoms with Gasteiger partial charge in [0.05, 0.1) is 12.1 Å². The molecular formula is C15H23N3OS. The number of nitrogens with zero attached hydrogens (tertiary/aromatic N) is 3. The van der Waals surface area contributed by atoms with Crippen LogP contribution in [0.4, 0.5) is 0 Å². The van der Waals surface area contributed by atoms with Crippen molar-refractivity contribution in [3.63, 3.8) is 0 Å². The van der Waals surface area contributed by atoms with Crippen LogP contribution in [-0.2, 0) is 11.3 Å². The predicted molar refractivity (Wildman–Crippen MR) is 80.5 cm³/mol. The fourth-order valence-corrected chi connectivity index (χ4v) is 4.27. The van der Waals surface area contributed by atoms with Gasteiger partial charge < -0.3 is 4.90 Å². The van der Waals surface area contributed by atoms with Crippen molar-refractivity contribution in [1.29, 1.82) is 0 Å². The van der Waals surface area contributed by atoms with Crippen molar-refractivity contribution in [2.75, 3.05) is 19.6 Å². The molecule has 1 aromatic heterocycles. The van der Waals surface area contributed by atoms with Crippen LogP contribution in [0.1, 0.15) is 38.1 Å². The maximum absolute atomic E-state index is 12.4. The highest BCUT2D eigenvalue weighted by Gasteiger charge is 2.48. The molecule has 1 atom stereocenters. The van der Waals surface area contributed by atoms with Crippen molar-refractivity contribution in [3.05, 3.63) is 16.6 Å². The SMILES string of the molecule is CC(C)C(=O)N1CCC[C@@]12CCN(Cc1nccs1)C2. The van der Waals surface area contributed by atoms with Crippen LogP contribution in [0.3, 0.4) is 0 Å². The number of hydrogen-bond acceptors (Lipinski definition) is 4. The zero-order valence-corrected chi connectivity index (χ0v) is 13.2. The Kier molecular flexibility index (Phi) is 3.82. The summed E-state index contributed by atoms with van der Waals surface area (Å²) < 4.78 is 0. The molecule has 3 heterocycles. The van der Waals surface area contributed by atoms with Crippen LogP contribution < -0.4 is 0 Å². The molecule has 0 aromatic carbocycles. The average molecular weight is 293 g/mol. The summed E-state index contributed by atoms with van der Waals surface area (Å²) in [6.45, 7) is 8.00. The Bertz CT molecular complexity index is 473. The van der Waals surface area contributed by atoms with Crippen molar-refractivity contribution >= 4 is 17.2 Å². The molecule has 0 radical (unpaired) electrons. The summed E-state index contributed by atoms with van der Waals surface area (Å²) in [5.74, 6) is 0.441. The van der Waals surface area contributed by atoms with Crippen LogP contribution in [-0.4, -0.2) is 45.9 Å². The second kappa shape index (κ2) is 5.45. The van der Waals surface area contributed by atoms with E-state index in [4.69, 9.17) is 0 Å². The van der Waals surface area contributed by atoms with Gasteiger partial charge in [-0.05, 0) is 19.3 Å². The van der Waals surface area contributed by atoms with Gasteiger partial charge in [-0.15, -0.1) is 11.3 Å². The van der Waals surface area contributed by atoms with Crippen molar-refractivity contribution in [2.45, 2.75) is 45.2 Å². The fraction of sp³-hybridized carbons (Fsp3) is 0.733. The molecule has 2 fully saturated rings. The first-order valence-corrected chi connectivity index (χ1v) is 8.41. The van der Waals surface area contributed by atoms with E-state index in [0.29, 0.717) is 5.91 Å². The summed E-state index contributed by atoms with van der Waals surface area (Å²) in [4.78, 5) is 21.4. The Balaban J connectivity index is 1.69. The van der Waals surface area contributed by atoms with Crippen molar-refractivity contribution < 1.29 is 4.79 Å². The van der Waals surface area contributed by atoms with Crippen molar-refractivity contribution in [2.24, 2.45) is 5.92 Å². The Morgan fingerprint density at radius 1 is 1.45 bits per heavy atom. The van der Waals surface area contributed by atoms with Gasteiger partial charge >= 0.3 is 0 Å². The minimum atomic E-state index is 0.109. The Hall–Kier alpha value is -0.940. The van der Waals surface area contributed by atoms with Crippen LogP contribution >= 0.6 is 11.3 Å². The first-order chi connectivity index (χ1) is 9.61. The van der Waals surface area contributed by atoms with E-state index in [2.05, 4.69) is 14.8 Å². The van der Waals surface area contributed by atoms with Gasteiger partial charge in [0.15, 0.2) is 0 Å². The Morgan fingerprint density at radius 3 is 3.00 bits per heavy atom. The number of amides is 1. The summed E-state index contributed by atoms with van der Waals surface area (Å²) in [6.07, 6.45) is 5.32. The van der Waals surface area contributed by atoms with Gasteiger partial charge in [-0.3, -0.25) is 9.69 Å². The van der Waals surface area contributed by atoms with Crippen molar-refractivity contribution in [3.8, 4) is 0 Å². The molecule has 5 heteroatoms. The number of carbonyl (C=O) groups excluding carboxylic acids is 1. The molecule has 110 valence electrons. The van der Waals surface area contributed by atoms with Gasteiger partial charge in [0.2, 0.25) is 5.91 Å². The molecule has 1 spiro atoms. The minimum Gasteiger partial charge on any atom is -0.335 e. The largest absolute Gasteiger partial charge is 0.335 e. The third-order valence-electron chi connectivity index (χ3n) is 4.61. The van der Waals surface area contributed by atoms with Gasteiger partial charge in [0, 0.05) is 37.1 Å². The lowest BCUT2D eigenvalue weighted by atomic mass is 9.94. The third-order valence-corrected chi connectivity index (χ3v) is 5.37. The molecule has 0 saturated carbocycles. The van der Waals surface area contributed by atoms with Gasteiger partial charge in [-0.2, -0.15) is 0 Å². The Morgan fingerprint density at radius 2 is 2.30 bits per heavy atom. The molecule has 3 rings (SSSR count). The molecule has 0 aliphatic carbocycles. The smallest absolute Gasteiger partial charge is 0.225 e. The van der Waals surface area contributed by atoms with Crippen LogP contribution in [0, 0.1) is 5.92 Å². The number of likely N-dealkylation sites (tertiary alicyclic amines) is 2. The maximum Gasteiger partial charge on any atom is 0.225 e. The molecule has 2 aliphatic rings. The van der Waals surface area contributed by atoms with Crippen LogP contribution in [0.25, 0.3) is 0 Å². The van der Waals surface area contributed by atoms with E-state index in [1.807, 2.05) is 25.4 Å². The molecule has 2 aliphatic heterocycles. The van der Waals surface area contributed by atoms with E-state index in [9.17, 15) is 4.79 Å². The second-order valence-corrected chi connectivity index (χ2v) is 7.34. The topological polar surface area (TPSA) is 36.4 Å². The summed E-state index contributed by atoms with van der Waals surface area (Å²) in [6, 6.07) is 0. The summed E-state index contributed by atoms with van der Waals surface area (Å²) in [7, 11) is 0. The van der Waals surface area contributed by atoms with Crippen LogP contribution in [0.5, 0.6) is 0 Å². The standard InChI is InChI=1S/C15H23N3OS/c1-12(2)14(19)18-7-3-4-15(18)5-8-17(11-15)10-13-16-6-9-20-13/h6,9,12H,3-5,7-8,10-11H2,1-2H3/t15-/m0/s1. The maximum atomic E-state index is 12.4. The summed E-state index contributed by atoms with van der Waals surface area (Å²) >= 11 is 1.72. The van der Waals surface area contributed by atoms with E-state index < -0.39 is 0 Å². The van der Waals surface area contributed by atoms with E-state index >= 15 is 0 Å². The van der Waals surface area contributed by atoms with Crippen molar-refractivity contribution in [1.82, 2.24) is 14.8 Å². The monoisotopic (exact) mass is 293 g/mol. The van der Waals surface area contributed by atoms with Gasteiger partial charge in [0.25, 0.3) is 0 Å². The molecule has 4 nitrogen and oxygen atoms in total. The highest BCUT2D eigenvalue weighted by atomic mass is 32.1. The first kappa shape index (κ1) is 14.0. The van der Waals surface area contributed by atoms with Gasteiger partial charge in [-0.25, -0.2) is 4.98 Å². The Labute approximate surface area is 124 Å². The molecule has 20 heavy (non-hydrogen) atoms. The predicted octanol–water partition coefficient (Wildman–Crippen LogP) is 2.37. The number of thiazole rings is 1. The molecule has 0 unspecified atom stereocenters. The highest BCUT2D eigenvalue weighted by molar-refractivity contribution is 7.09. The van der Waals surface area contributed by atoms with E-state index in [1.54, 1.807) is 11.3 Å². The van der Waals surface area contributed by atoms with E-state index in [-0.39, 0.29) is 11.5 Å².